The largest absolute Gasteiger partial charge is 0.480 e. The van der Waals surface area contributed by atoms with Crippen molar-refractivity contribution in [2.75, 3.05) is 11.9 Å². The monoisotopic (exact) mass is 682 g/mol. The molecule has 0 unspecified atom stereocenters. The molecule has 3 aromatic rings. The number of aryl methyl sites for hydroxylation is 1. The van der Waals surface area contributed by atoms with Crippen molar-refractivity contribution >= 4 is 43.6 Å². The number of sulfonamides is 2. The molecule has 0 bridgehead atoms. The number of carbonyl (C=O) groups excluding carboxylic acids is 2. The molecule has 0 aliphatic carbocycles. The topological polar surface area (TPSA) is 154 Å². The zero-order chi connectivity index (χ0) is 33.9. The average molecular weight is 683 g/mol. The molecule has 45 heavy (non-hydrogen) atoms. The molecule has 1 aromatic heterocycles. The number of hydrogen-bond donors (Lipinski definition) is 1. The summed E-state index contributed by atoms with van der Waals surface area (Å²) < 4.78 is 116. The summed E-state index contributed by atoms with van der Waals surface area (Å²) in [7, 11) is -13.4. The minimum absolute atomic E-state index is 0.298. The number of nitrogens with zero attached hydrogens (tertiary/aromatic N) is 3. The molecule has 0 aliphatic rings. The van der Waals surface area contributed by atoms with E-state index in [1.54, 1.807) is 12.1 Å². The number of isocyanates is 1. The Morgan fingerprint density at radius 3 is 1.91 bits per heavy atom. The molecule has 0 radical (unpaired) electrons. The summed E-state index contributed by atoms with van der Waals surface area (Å²) >= 11 is 0. The van der Waals surface area contributed by atoms with Crippen LogP contribution in [0.1, 0.15) is 23.6 Å². The predicted molar refractivity (Wildman–Crippen MR) is 148 cm³/mol. The highest BCUT2D eigenvalue weighted by molar-refractivity contribution is 8.13. The zero-order valence-corrected chi connectivity index (χ0v) is 24.7. The molecule has 0 saturated heterocycles. The molecule has 3 rings (SSSR count). The quantitative estimate of drug-likeness (QED) is 0.130. The van der Waals surface area contributed by atoms with E-state index in [0.29, 0.717) is 24.5 Å². The number of amides is 1. The Balaban J connectivity index is 0.000000399. The van der Waals surface area contributed by atoms with Gasteiger partial charge >= 0.3 is 17.1 Å². The highest BCUT2D eigenvalue weighted by Gasteiger charge is 2.46. The highest BCUT2D eigenvalue weighted by atomic mass is 32.3. The van der Waals surface area contributed by atoms with Crippen molar-refractivity contribution in [3.63, 3.8) is 0 Å². The van der Waals surface area contributed by atoms with Gasteiger partial charge in [0.2, 0.25) is 6.08 Å². The van der Waals surface area contributed by atoms with E-state index in [1.807, 2.05) is 53.2 Å². The Hall–Kier alpha value is -4.32. The Morgan fingerprint density at radius 2 is 1.42 bits per heavy atom. The number of anilines is 1. The van der Waals surface area contributed by atoms with Gasteiger partial charge in [-0.15, -0.1) is 0 Å². The molecule has 1 N–H and O–H groups in total. The minimum atomic E-state index is -6.72. The third-order valence-corrected chi connectivity index (χ3v) is 8.15. The number of benzene rings is 2. The van der Waals surface area contributed by atoms with Crippen molar-refractivity contribution in [1.29, 1.82) is 0 Å². The van der Waals surface area contributed by atoms with E-state index in [-0.39, 0.29) is 0 Å². The average Bonchev–Trinajstić information content (AvgIpc) is 2.94. The number of aromatic nitrogens is 1. The minimum Gasteiger partial charge on any atom is -0.443 e. The van der Waals surface area contributed by atoms with Crippen LogP contribution in [0, 0.1) is 0 Å². The molecule has 0 aliphatic heterocycles. The van der Waals surface area contributed by atoms with E-state index in [9.17, 15) is 52.8 Å². The molecular weight excluding hydrogens is 658 g/mol. The van der Waals surface area contributed by atoms with Crippen molar-refractivity contribution in [2.45, 2.75) is 37.3 Å². The van der Waals surface area contributed by atoms with Gasteiger partial charge in [-0.25, -0.2) is 31.0 Å². The number of alkyl halides is 6. The second-order valence-electron chi connectivity index (χ2n) is 8.72. The van der Waals surface area contributed by atoms with Crippen LogP contribution in [0.4, 0.5) is 42.5 Å². The molecule has 1 heterocycles. The Morgan fingerprint density at radius 1 is 0.889 bits per heavy atom. The van der Waals surface area contributed by atoms with Crippen LogP contribution < -0.4 is 9.88 Å². The first-order chi connectivity index (χ1) is 20.9. The normalized spacial score (nSPS) is 11.9. The maximum absolute atomic E-state index is 12.0. The molecule has 0 atom stereocenters. The molecule has 2 aromatic carbocycles. The Kier molecular flexibility index (Phi) is 12.8. The van der Waals surface area contributed by atoms with Gasteiger partial charge in [-0.2, -0.15) is 31.3 Å². The number of carbonyl (C=O) groups is 1. The van der Waals surface area contributed by atoms with Gasteiger partial charge in [0.05, 0.1) is 5.69 Å². The summed E-state index contributed by atoms with van der Waals surface area (Å²) in [5.74, 6) is 0. The second-order valence-corrected chi connectivity index (χ2v) is 12.1. The van der Waals surface area contributed by atoms with Crippen molar-refractivity contribution in [3.8, 4) is 0 Å². The SMILES string of the molecule is CCc1ccc[n+](CCOC(=O)Nc2ccc(Cc3ccc(N=C=O)cc3)cc2)c1.O=S(=O)([N-]S(=O)(=O)C(F)(F)F)C(F)(F)F. The van der Waals surface area contributed by atoms with E-state index in [4.69, 9.17) is 4.74 Å². The molecule has 11 nitrogen and oxygen atoms in total. The van der Waals surface area contributed by atoms with E-state index in [2.05, 4.69) is 29.5 Å². The van der Waals surface area contributed by atoms with Crippen LogP contribution >= 0.6 is 0 Å². The maximum atomic E-state index is 12.0. The summed E-state index contributed by atoms with van der Waals surface area (Å²) in [6.45, 7) is 3.01. The maximum Gasteiger partial charge on any atom is 0.480 e. The van der Waals surface area contributed by atoms with Gasteiger partial charge in [-0.05, 0) is 54.3 Å². The lowest BCUT2D eigenvalue weighted by molar-refractivity contribution is -0.698. The molecule has 0 fully saturated rings. The van der Waals surface area contributed by atoms with Crippen molar-refractivity contribution in [1.82, 2.24) is 0 Å². The van der Waals surface area contributed by atoms with E-state index < -0.39 is 37.2 Å². The van der Waals surface area contributed by atoms with Gasteiger partial charge in [0, 0.05) is 17.3 Å². The van der Waals surface area contributed by atoms with E-state index in [0.717, 1.165) is 28.1 Å². The van der Waals surface area contributed by atoms with E-state index >= 15 is 0 Å². The van der Waals surface area contributed by atoms with Gasteiger partial charge < -0.3 is 8.86 Å². The summed E-state index contributed by atoms with van der Waals surface area (Å²) in [5.41, 5.74) is -7.69. The van der Waals surface area contributed by atoms with Gasteiger partial charge in [-0.3, -0.25) is 5.32 Å². The number of hydrogen-bond acceptors (Lipinski definition) is 8. The fraction of sp³-hybridized carbons (Fsp3) is 0.269. The van der Waals surface area contributed by atoms with Gasteiger partial charge in [0.1, 0.15) is 0 Å². The first-order valence-corrected chi connectivity index (χ1v) is 15.3. The van der Waals surface area contributed by atoms with Crippen LogP contribution in [0.3, 0.4) is 0 Å². The Labute approximate surface area is 253 Å². The first kappa shape index (κ1) is 36.9. The molecular formula is C26H24F6N4O7S2. The summed E-state index contributed by atoms with van der Waals surface area (Å²) in [6.07, 6.45) is 6.79. The number of ether oxygens (including phenoxy) is 1. The lowest BCUT2D eigenvalue weighted by Crippen LogP contribution is -2.36. The van der Waals surface area contributed by atoms with E-state index in [1.165, 1.54) is 11.6 Å². The van der Waals surface area contributed by atoms with Crippen LogP contribution in [0.2, 0.25) is 0 Å². The summed E-state index contributed by atoms with van der Waals surface area (Å²) in [5, 5.41) is 2.74. The number of halogens is 6. The standard InChI is InChI=1S/C24H23N3O3.C2F6NO4S2/c1-2-19-4-3-13-27(17-19)14-15-30-24(29)26-23-11-7-21(8-12-23)16-20-5-9-22(10-6-20)25-18-28;3-1(4,5)14(10,11)9-15(12,13)2(6,7)8/h3-13,17H,2,14-16H2,1H3;/q;-1/p+1. The Bertz CT molecular complexity index is 1670. The zero-order valence-electron chi connectivity index (χ0n) is 23.0. The molecule has 19 heteroatoms. The first-order valence-electron chi connectivity index (χ1n) is 12.4. The third-order valence-electron chi connectivity index (χ3n) is 5.41. The molecule has 0 saturated carbocycles. The fourth-order valence-corrected chi connectivity index (χ4v) is 4.93. The third kappa shape index (κ3) is 11.9. The van der Waals surface area contributed by atoms with Crippen LogP contribution in [0.25, 0.3) is 4.13 Å². The lowest BCUT2D eigenvalue weighted by Gasteiger charge is -2.22. The fourth-order valence-electron chi connectivity index (χ4n) is 3.22. The smallest absolute Gasteiger partial charge is 0.443 e. The lowest BCUT2D eigenvalue weighted by atomic mass is 10.0. The molecule has 0 spiro atoms. The molecule has 1 amide bonds. The summed E-state index contributed by atoms with van der Waals surface area (Å²) in [4.78, 5) is 25.9. The predicted octanol–water partition coefficient (Wildman–Crippen LogP) is 5.40. The van der Waals surface area contributed by atoms with Crippen molar-refractivity contribution in [2.24, 2.45) is 4.99 Å². The van der Waals surface area contributed by atoms with Gasteiger partial charge in [0.15, 0.2) is 45.6 Å². The number of pyridine rings is 1. The van der Waals surface area contributed by atoms with Gasteiger partial charge in [0.25, 0.3) is 0 Å². The van der Waals surface area contributed by atoms with Gasteiger partial charge in [-0.1, -0.05) is 31.2 Å². The van der Waals surface area contributed by atoms with Crippen LogP contribution in [-0.2, 0) is 49.0 Å². The highest BCUT2D eigenvalue weighted by Crippen LogP contribution is 2.36. The van der Waals surface area contributed by atoms with Crippen molar-refractivity contribution < 1.29 is 62.1 Å². The number of rotatable bonds is 10. The van der Waals surface area contributed by atoms with Crippen LogP contribution in [-0.4, -0.2) is 46.6 Å². The molecule has 244 valence electrons. The number of nitrogens with one attached hydrogen (secondary N) is 1. The van der Waals surface area contributed by atoms with Crippen molar-refractivity contribution in [3.05, 3.63) is 93.9 Å². The van der Waals surface area contributed by atoms with Crippen LogP contribution in [0.5, 0.6) is 0 Å². The number of aliphatic imine (C=N–C) groups is 1. The summed E-state index contributed by atoms with van der Waals surface area (Å²) in [6, 6.07) is 19.1. The second kappa shape index (κ2) is 15.6. The van der Waals surface area contributed by atoms with Crippen LogP contribution in [0.15, 0.2) is 78.0 Å².